The summed E-state index contributed by atoms with van der Waals surface area (Å²) in [6, 6.07) is 10.3. The number of rotatable bonds is 4. The number of para-hydroxylation sites is 1. The van der Waals surface area contributed by atoms with Gasteiger partial charge in [-0.3, -0.25) is 4.99 Å². The van der Waals surface area contributed by atoms with Gasteiger partial charge in [0.2, 0.25) is 0 Å². The highest BCUT2D eigenvalue weighted by molar-refractivity contribution is 14.0. The van der Waals surface area contributed by atoms with E-state index in [1.165, 1.54) is 17.7 Å². The fourth-order valence-corrected chi connectivity index (χ4v) is 4.14. The van der Waals surface area contributed by atoms with Crippen LogP contribution in [0.1, 0.15) is 18.9 Å². The van der Waals surface area contributed by atoms with Crippen LogP contribution >= 0.6 is 35.7 Å². The Balaban J connectivity index is 0.00000225. The minimum Gasteiger partial charge on any atom is -0.352 e. The second kappa shape index (κ2) is 10.1. The third-order valence-corrected chi connectivity index (χ3v) is 5.66. The number of thioether (sulfide) groups is 1. The molecule has 1 aliphatic rings. The quantitative estimate of drug-likeness (QED) is 0.422. The standard InChI is InChI=1S/C18H25N5S.HI/c1-3-16-14-22(11-12-24-16)18(19-2)20-13-15-7-4-5-8-17(15)23-10-6-9-21-23;/h4-10,16H,3,11-14H2,1-2H3,(H,19,20);1H. The Morgan fingerprint density at radius 2 is 2.20 bits per heavy atom. The molecule has 0 saturated carbocycles. The lowest BCUT2D eigenvalue weighted by atomic mass is 10.2. The molecule has 1 aromatic carbocycles. The number of nitrogens with zero attached hydrogens (tertiary/aromatic N) is 4. The lowest BCUT2D eigenvalue weighted by Crippen LogP contribution is -2.47. The van der Waals surface area contributed by atoms with Gasteiger partial charge in [-0.2, -0.15) is 16.9 Å². The maximum Gasteiger partial charge on any atom is 0.193 e. The summed E-state index contributed by atoms with van der Waals surface area (Å²) in [6.45, 7) is 5.13. The summed E-state index contributed by atoms with van der Waals surface area (Å²) in [6.07, 6.45) is 4.99. The summed E-state index contributed by atoms with van der Waals surface area (Å²) in [4.78, 5) is 6.86. The van der Waals surface area contributed by atoms with Gasteiger partial charge in [0.25, 0.3) is 0 Å². The molecule has 1 unspecified atom stereocenters. The zero-order valence-corrected chi connectivity index (χ0v) is 17.9. The van der Waals surface area contributed by atoms with Gasteiger partial charge >= 0.3 is 0 Å². The summed E-state index contributed by atoms with van der Waals surface area (Å²) >= 11 is 2.07. The number of hydrogen-bond acceptors (Lipinski definition) is 3. The molecule has 1 saturated heterocycles. The van der Waals surface area contributed by atoms with Crippen molar-refractivity contribution < 1.29 is 0 Å². The van der Waals surface area contributed by atoms with Gasteiger partial charge in [-0.15, -0.1) is 24.0 Å². The van der Waals surface area contributed by atoms with Crippen LogP contribution in [0.2, 0.25) is 0 Å². The van der Waals surface area contributed by atoms with Crippen molar-refractivity contribution in [2.75, 3.05) is 25.9 Å². The van der Waals surface area contributed by atoms with E-state index in [4.69, 9.17) is 0 Å². The molecule has 1 aliphatic heterocycles. The third-order valence-electron chi connectivity index (χ3n) is 4.29. The zero-order valence-electron chi connectivity index (χ0n) is 14.8. The maximum absolute atomic E-state index is 4.49. The van der Waals surface area contributed by atoms with Gasteiger partial charge in [-0.25, -0.2) is 4.68 Å². The molecule has 0 aliphatic carbocycles. The molecule has 2 heterocycles. The van der Waals surface area contributed by atoms with Crippen LogP contribution in [-0.2, 0) is 6.54 Å². The molecule has 1 N–H and O–H groups in total. The highest BCUT2D eigenvalue weighted by Crippen LogP contribution is 2.21. The van der Waals surface area contributed by atoms with Gasteiger partial charge < -0.3 is 10.2 Å². The summed E-state index contributed by atoms with van der Waals surface area (Å²) in [7, 11) is 1.87. The van der Waals surface area contributed by atoms with Crippen molar-refractivity contribution in [2.45, 2.75) is 25.1 Å². The average Bonchev–Trinajstić information content (AvgIpc) is 3.17. The van der Waals surface area contributed by atoms with Gasteiger partial charge in [-0.1, -0.05) is 25.1 Å². The van der Waals surface area contributed by atoms with Crippen molar-refractivity contribution in [2.24, 2.45) is 4.99 Å². The molecular formula is C18H26IN5S. The van der Waals surface area contributed by atoms with E-state index in [1.54, 1.807) is 6.20 Å². The second-order valence-corrected chi connectivity index (χ2v) is 7.24. The molecule has 1 aromatic heterocycles. The van der Waals surface area contributed by atoms with E-state index < -0.39 is 0 Å². The Morgan fingerprint density at radius 3 is 2.92 bits per heavy atom. The number of nitrogens with one attached hydrogen (secondary N) is 1. The molecule has 0 spiro atoms. The molecule has 2 aromatic rings. The molecule has 5 nitrogen and oxygen atoms in total. The molecule has 0 amide bonds. The van der Waals surface area contributed by atoms with Gasteiger partial charge in [-0.05, 0) is 24.1 Å². The Kier molecular flexibility index (Phi) is 8.08. The fraction of sp³-hybridized carbons (Fsp3) is 0.444. The van der Waals surface area contributed by atoms with Crippen molar-refractivity contribution in [3.63, 3.8) is 0 Å². The number of aromatic nitrogens is 2. The minimum atomic E-state index is 0. The first-order valence-corrected chi connectivity index (χ1v) is 9.51. The SMILES string of the molecule is CCC1CN(C(=NC)NCc2ccccc2-n2cccn2)CCS1.I. The largest absolute Gasteiger partial charge is 0.352 e. The third kappa shape index (κ3) is 5.13. The van der Waals surface area contributed by atoms with Crippen LogP contribution in [0.5, 0.6) is 0 Å². The van der Waals surface area contributed by atoms with E-state index in [-0.39, 0.29) is 24.0 Å². The predicted molar refractivity (Wildman–Crippen MR) is 117 cm³/mol. The number of halogens is 1. The summed E-state index contributed by atoms with van der Waals surface area (Å²) < 4.78 is 1.91. The average molecular weight is 471 g/mol. The molecule has 0 bridgehead atoms. The van der Waals surface area contributed by atoms with Crippen LogP contribution in [-0.4, -0.2) is 51.8 Å². The first-order chi connectivity index (χ1) is 11.8. The van der Waals surface area contributed by atoms with Gasteiger partial charge in [0.15, 0.2) is 5.96 Å². The van der Waals surface area contributed by atoms with Crippen LogP contribution in [0.15, 0.2) is 47.7 Å². The van der Waals surface area contributed by atoms with Crippen LogP contribution in [0.25, 0.3) is 5.69 Å². The topological polar surface area (TPSA) is 45.5 Å². The molecule has 7 heteroatoms. The molecule has 25 heavy (non-hydrogen) atoms. The van der Waals surface area contributed by atoms with Gasteiger partial charge in [0.1, 0.15) is 0 Å². The zero-order chi connectivity index (χ0) is 16.8. The Morgan fingerprint density at radius 1 is 1.36 bits per heavy atom. The number of guanidine groups is 1. The summed E-state index contributed by atoms with van der Waals surface area (Å²) in [5, 5.41) is 8.58. The molecule has 3 rings (SSSR count). The van der Waals surface area contributed by atoms with Crippen molar-refractivity contribution in [3.8, 4) is 5.69 Å². The van der Waals surface area contributed by atoms with E-state index in [2.05, 4.69) is 57.2 Å². The van der Waals surface area contributed by atoms with Crippen LogP contribution in [0.4, 0.5) is 0 Å². The van der Waals surface area contributed by atoms with Crippen molar-refractivity contribution in [1.29, 1.82) is 0 Å². The molecular weight excluding hydrogens is 445 g/mol. The molecule has 1 fully saturated rings. The monoisotopic (exact) mass is 471 g/mol. The first-order valence-electron chi connectivity index (χ1n) is 8.47. The van der Waals surface area contributed by atoms with Crippen LogP contribution < -0.4 is 5.32 Å². The lowest BCUT2D eigenvalue weighted by Gasteiger charge is -2.34. The van der Waals surface area contributed by atoms with E-state index in [1.807, 2.05) is 30.1 Å². The second-order valence-electron chi connectivity index (χ2n) is 5.83. The van der Waals surface area contributed by atoms with Crippen LogP contribution in [0.3, 0.4) is 0 Å². The molecule has 1 atom stereocenters. The Bertz CT molecular complexity index is 674. The van der Waals surface area contributed by atoms with Crippen molar-refractivity contribution >= 4 is 41.7 Å². The summed E-state index contributed by atoms with van der Waals surface area (Å²) in [5.41, 5.74) is 2.31. The number of aliphatic imine (C=N–C) groups is 1. The minimum absolute atomic E-state index is 0. The first kappa shape index (κ1) is 20.1. The van der Waals surface area contributed by atoms with E-state index in [0.717, 1.165) is 31.3 Å². The van der Waals surface area contributed by atoms with Crippen molar-refractivity contribution in [1.82, 2.24) is 20.0 Å². The number of benzene rings is 1. The lowest BCUT2D eigenvalue weighted by molar-refractivity contribution is 0.408. The Labute approximate surface area is 171 Å². The normalized spacial score (nSPS) is 17.9. The van der Waals surface area contributed by atoms with Gasteiger partial charge in [0.05, 0.1) is 5.69 Å². The van der Waals surface area contributed by atoms with Crippen molar-refractivity contribution in [3.05, 3.63) is 48.3 Å². The molecule has 0 radical (unpaired) electrons. The fourth-order valence-electron chi connectivity index (χ4n) is 2.96. The summed E-state index contributed by atoms with van der Waals surface area (Å²) in [5.74, 6) is 2.16. The van der Waals surface area contributed by atoms with Gasteiger partial charge in [0, 0.05) is 50.1 Å². The predicted octanol–water partition coefficient (Wildman–Crippen LogP) is 3.39. The maximum atomic E-state index is 4.49. The Hall–Kier alpha value is -1.22. The highest BCUT2D eigenvalue weighted by atomic mass is 127. The highest BCUT2D eigenvalue weighted by Gasteiger charge is 2.21. The number of hydrogen-bond donors (Lipinski definition) is 1. The van der Waals surface area contributed by atoms with E-state index in [0.29, 0.717) is 5.25 Å². The van der Waals surface area contributed by atoms with E-state index in [9.17, 15) is 0 Å². The molecule has 136 valence electrons. The van der Waals surface area contributed by atoms with E-state index >= 15 is 0 Å². The van der Waals surface area contributed by atoms with Crippen LogP contribution in [0, 0.1) is 0 Å². The smallest absolute Gasteiger partial charge is 0.193 e.